The van der Waals surface area contributed by atoms with Gasteiger partial charge in [0.15, 0.2) is 0 Å². The molecule has 0 radical (unpaired) electrons. The number of halogens is 1. The lowest BCUT2D eigenvalue weighted by Gasteiger charge is -2.29. The van der Waals surface area contributed by atoms with Crippen molar-refractivity contribution in [3.63, 3.8) is 0 Å². The van der Waals surface area contributed by atoms with Crippen molar-refractivity contribution >= 4 is 0 Å². The van der Waals surface area contributed by atoms with Gasteiger partial charge in [-0.3, -0.25) is 4.90 Å². The molecule has 106 valence electrons. The molecule has 2 rings (SSSR count). The van der Waals surface area contributed by atoms with E-state index < -0.39 is 6.10 Å². The largest absolute Gasteiger partial charge is 0.387 e. The minimum absolute atomic E-state index is 0.0255. The van der Waals surface area contributed by atoms with Crippen molar-refractivity contribution < 1.29 is 9.50 Å². The lowest BCUT2D eigenvalue weighted by Crippen LogP contribution is -2.33. The molecule has 20 heavy (non-hydrogen) atoms. The van der Waals surface area contributed by atoms with E-state index in [1.807, 2.05) is 44.3 Å². The monoisotopic (exact) mass is 273 g/mol. The van der Waals surface area contributed by atoms with Gasteiger partial charge < -0.3 is 5.11 Å². The third-order valence-corrected chi connectivity index (χ3v) is 3.64. The molecule has 2 aromatic rings. The van der Waals surface area contributed by atoms with Crippen LogP contribution in [0.5, 0.6) is 0 Å². The quantitative estimate of drug-likeness (QED) is 0.902. The van der Waals surface area contributed by atoms with Crippen LogP contribution in [-0.4, -0.2) is 23.1 Å². The molecule has 0 aliphatic heterocycles. The van der Waals surface area contributed by atoms with E-state index in [1.165, 1.54) is 12.1 Å². The second-order valence-corrected chi connectivity index (χ2v) is 5.14. The molecule has 0 amide bonds. The van der Waals surface area contributed by atoms with Gasteiger partial charge in [-0.1, -0.05) is 42.5 Å². The normalized spacial score (nSPS) is 14.2. The molecular formula is C17H20FNO. The average Bonchev–Trinajstić information content (AvgIpc) is 2.49. The van der Waals surface area contributed by atoms with Gasteiger partial charge in [0.1, 0.15) is 5.82 Å². The molecule has 0 aromatic heterocycles. The van der Waals surface area contributed by atoms with E-state index in [1.54, 1.807) is 12.1 Å². The van der Waals surface area contributed by atoms with Gasteiger partial charge in [0, 0.05) is 12.6 Å². The molecule has 1 N–H and O–H groups in total. The Hall–Kier alpha value is -1.71. The molecule has 0 aliphatic rings. The fourth-order valence-electron chi connectivity index (χ4n) is 2.19. The molecule has 0 saturated carbocycles. The minimum Gasteiger partial charge on any atom is -0.387 e. The van der Waals surface area contributed by atoms with Gasteiger partial charge in [-0.2, -0.15) is 0 Å². The van der Waals surface area contributed by atoms with E-state index in [4.69, 9.17) is 0 Å². The fourth-order valence-corrected chi connectivity index (χ4v) is 2.19. The Labute approximate surface area is 119 Å². The van der Waals surface area contributed by atoms with Crippen molar-refractivity contribution in [1.82, 2.24) is 4.90 Å². The Morgan fingerprint density at radius 1 is 1.05 bits per heavy atom. The number of aliphatic hydroxyl groups is 1. The Morgan fingerprint density at radius 3 is 2.25 bits per heavy atom. The molecular weight excluding hydrogens is 253 g/mol. The van der Waals surface area contributed by atoms with Gasteiger partial charge in [-0.25, -0.2) is 4.39 Å². The van der Waals surface area contributed by atoms with Crippen LogP contribution in [0.15, 0.2) is 54.6 Å². The van der Waals surface area contributed by atoms with Crippen LogP contribution in [-0.2, 0) is 6.54 Å². The smallest absolute Gasteiger partial charge is 0.123 e. The summed E-state index contributed by atoms with van der Waals surface area (Å²) in [4.78, 5) is 2.06. The summed E-state index contributed by atoms with van der Waals surface area (Å²) in [6, 6.07) is 16.1. The highest BCUT2D eigenvalue weighted by molar-refractivity contribution is 5.19. The van der Waals surface area contributed by atoms with Gasteiger partial charge in [-0.15, -0.1) is 0 Å². The van der Waals surface area contributed by atoms with E-state index in [-0.39, 0.29) is 11.9 Å². The van der Waals surface area contributed by atoms with Crippen LogP contribution in [0, 0.1) is 5.82 Å². The summed E-state index contributed by atoms with van der Waals surface area (Å²) in [7, 11) is 1.96. The van der Waals surface area contributed by atoms with Crippen LogP contribution in [0.3, 0.4) is 0 Å². The summed E-state index contributed by atoms with van der Waals surface area (Å²) in [6.45, 7) is 2.66. The number of nitrogens with zero attached hydrogens (tertiary/aromatic N) is 1. The molecule has 2 aromatic carbocycles. The van der Waals surface area contributed by atoms with Crippen LogP contribution in [0.1, 0.15) is 24.2 Å². The standard InChI is InChI=1S/C17H20FNO/c1-13(17(20)15-6-4-3-5-7-15)19(2)12-14-8-10-16(18)11-9-14/h3-11,13,17,20H,12H2,1-2H3. The highest BCUT2D eigenvalue weighted by Gasteiger charge is 2.20. The summed E-state index contributed by atoms with van der Waals surface area (Å²) in [6.07, 6.45) is -0.540. The first kappa shape index (κ1) is 14.7. The SMILES string of the molecule is CC(C(O)c1ccccc1)N(C)Cc1ccc(F)cc1. The first-order chi connectivity index (χ1) is 9.58. The molecule has 2 unspecified atom stereocenters. The van der Waals surface area contributed by atoms with Gasteiger partial charge in [-0.05, 0) is 37.2 Å². The zero-order valence-corrected chi connectivity index (χ0v) is 11.8. The zero-order chi connectivity index (χ0) is 14.5. The molecule has 0 heterocycles. The number of benzene rings is 2. The number of hydrogen-bond acceptors (Lipinski definition) is 2. The molecule has 3 heteroatoms. The molecule has 0 spiro atoms. The van der Waals surface area contributed by atoms with Gasteiger partial charge in [0.05, 0.1) is 6.10 Å². The van der Waals surface area contributed by atoms with E-state index in [0.29, 0.717) is 6.54 Å². The lowest BCUT2D eigenvalue weighted by atomic mass is 10.0. The first-order valence-electron chi connectivity index (χ1n) is 6.75. The molecule has 0 bridgehead atoms. The first-order valence-corrected chi connectivity index (χ1v) is 6.75. The van der Waals surface area contributed by atoms with Crippen molar-refractivity contribution in [3.8, 4) is 0 Å². The van der Waals surface area contributed by atoms with Crippen LogP contribution in [0.25, 0.3) is 0 Å². The van der Waals surface area contributed by atoms with Crippen molar-refractivity contribution in [3.05, 3.63) is 71.5 Å². The summed E-state index contributed by atoms with van der Waals surface area (Å²) >= 11 is 0. The van der Waals surface area contributed by atoms with Crippen LogP contribution in [0.4, 0.5) is 4.39 Å². The molecule has 0 aliphatic carbocycles. The van der Waals surface area contributed by atoms with Crippen LogP contribution < -0.4 is 0 Å². The number of hydrogen-bond donors (Lipinski definition) is 1. The predicted molar refractivity (Wildman–Crippen MR) is 78.7 cm³/mol. The van der Waals surface area contributed by atoms with Crippen molar-refractivity contribution in [1.29, 1.82) is 0 Å². The molecule has 2 nitrogen and oxygen atoms in total. The van der Waals surface area contributed by atoms with Crippen molar-refractivity contribution in [2.24, 2.45) is 0 Å². The molecule has 0 fully saturated rings. The second-order valence-electron chi connectivity index (χ2n) is 5.14. The third kappa shape index (κ3) is 3.65. The van der Waals surface area contributed by atoms with Gasteiger partial charge in [0.2, 0.25) is 0 Å². The fraction of sp³-hybridized carbons (Fsp3) is 0.294. The highest BCUT2D eigenvalue weighted by Crippen LogP contribution is 2.21. The second kappa shape index (κ2) is 6.64. The Kier molecular flexibility index (Phi) is 4.88. The average molecular weight is 273 g/mol. The van der Waals surface area contributed by atoms with E-state index >= 15 is 0 Å². The Morgan fingerprint density at radius 2 is 1.65 bits per heavy atom. The Bertz CT molecular complexity index is 526. The number of likely N-dealkylation sites (N-methyl/N-ethyl adjacent to an activating group) is 1. The third-order valence-electron chi connectivity index (χ3n) is 3.64. The molecule has 0 saturated heterocycles. The minimum atomic E-state index is -0.540. The number of aliphatic hydroxyl groups excluding tert-OH is 1. The number of rotatable bonds is 5. The maximum atomic E-state index is 12.9. The van der Waals surface area contributed by atoms with E-state index in [9.17, 15) is 9.50 Å². The summed E-state index contributed by atoms with van der Waals surface area (Å²) in [5, 5.41) is 10.4. The van der Waals surface area contributed by atoms with E-state index in [2.05, 4.69) is 4.90 Å². The molecule has 2 atom stereocenters. The van der Waals surface area contributed by atoms with E-state index in [0.717, 1.165) is 11.1 Å². The Balaban J connectivity index is 2.01. The van der Waals surface area contributed by atoms with Gasteiger partial charge >= 0.3 is 0 Å². The lowest BCUT2D eigenvalue weighted by molar-refractivity contribution is 0.0688. The summed E-state index contributed by atoms with van der Waals surface area (Å²) < 4.78 is 12.9. The van der Waals surface area contributed by atoms with Gasteiger partial charge in [0.25, 0.3) is 0 Å². The predicted octanol–water partition coefficient (Wildman–Crippen LogP) is 3.38. The van der Waals surface area contributed by atoms with Crippen LogP contribution >= 0.6 is 0 Å². The van der Waals surface area contributed by atoms with Crippen molar-refractivity contribution in [2.45, 2.75) is 25.6 Å². The summed E-state index contributed by atoms with van der Waals surface area (Å²) in [5.74, 6) is -0.228. The highest BCUT2D eigenvalue weighted by atomic mass is 19.1. The maximum absolute atomic E-state index is 12.9. The topological polar surface area (TPSA) is 23.5 Å². The summed E-state index contributed by atoms with van der Waals surface area (Å²) in [5.41, 5.74) is 1.94. The van der Waals surface area contributed by atoms with Crippen LogP contribution in [0.2, 0.25) is 0 Å². The zero-order valence-electron chi connectivity index (χ0n) is 11.8. The maximum Gasteiger partial charge on any atom is 0.123 e. The van der Waals surface area contributed by atoms with Crippen molar-refractivity contribution in [2.75, 3.05) is 7.05 Å².